The van der Waals surface area contributed by atoms with Crippen LogP contribution in [0.25, 0.3) is 0 Å². The van der Waals surface area contributed by atoms with E-state index >= 15 is 0 Å². The molecule has 104 valence electrons. The summed E-state index contributed by atoms with van der Waals surface area (Å²) in [5.74, 6) is -0.931. The maximum absolute atomic E-state index is 12.1. The molecule has 2 rings (SSSR count). The van der Waals surface area contributed by atoms with Crippen LogP contribution in [0.3, 0.4) is 0 Å². The fourth-order valence-electron chi connectivity index (χ4n) is 2.65. The molecule has 0 aromatic heterocycles. The molecule has 0 aromatic rings. The van der Waals surface area contributed by atoms with Gasteiger partial charge in [0.05, 0.1) is 17.6 Å². The van der Waals surface area contributed by atoms with E-state index in [-0.39, 0.29) is 17.9 Å². The first kappa shape index (κ1) is 14.1. The Hall–Kier alpha value is -1.33. The van der Waals surface area contributed by atoms with Gasteiger partial charge in [0.25, 0.3) is 0 Å². The highest BCUT2D eigenvalue weighted by Gasteiger charge is 2.69. The fourth-order valence-corrected chi connectivity index (χ4v) is 3.04. The molecular formula is C13H15ClO5. The zero-order valence-corrected chi connectivity index (χ0v) is 12.0. The fraction of sp³-hybridized carbons (Fsp3) is 0.538. The molecule has 1 aliphatic heterocycles. The summed E-state index contributed by atoms with van der Waals surface area (Å²) >= 11 is 6.13. The van der Waals surface area contributed by atoms with Crippen molar-refractivity contribution in [1.82, 2.24) is 0 Å². The van der Waals surface area contributed by atoms with Crippen LogP contribution < -0.4 is 0 Å². The van der Waals surface area contributed by atoms with Crippen molar-refractivity contribution in [2.45, 2.75) is 26.4 Å². The first-order chi connectivity index (χ1) is 8.85. The van der Waals surface area contributed by atoms with Crippen LogP contribution in [0, 0.1) is 5.41 Å². The van der Waals surface area contributed by atoms with Crippen LogP contribution in [0.5, 0.6) is 0 Å². The van der Waals surface area contributed by atoms with Gasteiger partial charge in [-0.3, -0.25) is 0 Å². The topological polar surface area (TPSA) is 61.8 Å². The Balaban J connectivity index is 2.60. The minimum absolute atomic E-state index is 0.199. The zero-order valence-electron chi connectivity index (χ0n) is 11.2. The van der Waals surface area contributed by atoms with Gasteiger partial charge in [-0.05, 0) is 26.8 Å². The summed E-state index contributed by atoms with van der Waals surface area (Å²) < 4.78 is 15.4. The standard InChI is InChI=1S/C13H15ClO5/c1-5-18-10(15)9-7(2)19-11(16)13(17-4)6-8(14)12(9,13)3/h6H,5H2,1-4H3/t12-,13-/m0/s1. The molecule has 19 heavy (non-hydrogen) atoms. The van der Waals surface area contributed by atoms with Crippen molar-refractivity contribution in [2.75, 3.05) is 13.7 Å². The number of fused-ring (bicyclic) bond motifs is 1. The van der Waals surface area contributed by atoms with Crippen molar-refractivity contribution in [2.24, 2.45) is 5.41 Å². The molecule has 0 spiro atoms. The smallest absolute Gasteiger partial charge is 0.348 e. The number of hydrogen-bond acceptors (Lipinski definition) is 5. The molecule has 0 fully saturated rings. The third-order valence-corrected chi connectivity index (χ3v) is 4.24. The Kier molecular flexibility index (Phi) is 3.23. The third-order valence-electron chi connectivity index (χ3n) is 3.75. The zero-order chi connectivity index (χ0) is 14.4. The van der Waals surface area contributed by atoms with E-state index in [0.717, 1.165) is 0 Å². The average molecular weight is 287 g/mol. The monoisotopic (exact) mass is 286 g/mol. The van der Waals surface area contributed by atoms with Crippen molar-refractivity contribution < 1.29 is 23.8 Å². The summed E-state index contributed by atoms with van der Waals surface area (Å²) in [6.45, 7) is 5.14. The van der Waals surface area contributed by atoms with E-state index in [0.29, 0.717) is 5.03 Å². The third kappa shape index (κ3) is 1.51. The Morgan fingerprint density at radius 3 is 2.63 bits per heavy atom. The molecule has 0 aromatic carbocycles. The number of esters is 2. The predicted octanol–water partition coefficient (Wildman–Crippen LogP) is 1.91. The van der Waals surface area contributed by atoms with Crippen molar-refractivity contribution >= 4 is 23.5 Å². The molecule has 6 heteroatoms. The number of allylic oxidation sites excluding steroid dienone is 1. The average Bonchev–Trinajstić information content (AvgIpc) is 2.34. The summed E-state index contributed by atoms with van der Waals surface area (Å²) in [6.07, 6.45) is 1.46. The minimum atomic E-state index is -1.36. The molecule has 5 nitrogen and oxygen atoms in total. The van der Waals surface area contributed by atoms with Gasteiger partial charge in [0, 0.05) is 12.1 Å². The first-order valence-electron chi connectivity index (χ1n) is 5.90. The van der Waals surface area contributed by atoms with Gasteiger partial charge in [0.1, 0.15) is 5.76 Å². The van der Waals surface area contributed by atoms with E-state index in [2.05, 4.69) is 0 Å². The van der Waals surface area contributed by atoms with Gasteiger partial charge in [0.15, 0.2) is 5.60 Å². The number of cyclic esters (lactones) is 1. The maximum atomic E-state index is 12.1. The highest BCUT2D eigenvalue weighted by Crippen LogP contribution is 2.60. The van der Waals surface area contributed by atoms with Crippen molar-refractivity contribution in [3.8, 4) is 0 Å². The van der Waals surface area contributed by atoms with Crippen LogP contribution >= 0.6 is 11.6 Å². The van der Waals surface area contributed by atoms with Gasteiger partial charge in [-0.25, -0.2) is 9.59 Å². The number of methoxy groups -OCH3 is 1. The molecule has 2 atom stereocenters. The van der Waals surface area contributed by atoms with Crippen molar-refractivity contribution in [1.29, 1.82) is 0 Å². The largest absolute Gasteiger partial charge is 0.463 e. The molecule has 0 N–H and O–H groups in total. The molecular weight excluding hydrogens is 272 g/mol. The number of halogens is 1. The van der Waals surface area contributed by atoms with E-state index in [9.17, 15) is 9.59 Å². The molecule has 0 bridgehead atoms. The highest BCUT2D eigenvalue weighted by atomic mass is 35.5. The minimum Gasteiger partial charge on any atom is -0.463 e. The van der Waals surface area contributed by atoms with Gasteiger partial charge in [-0.15, -0.1) is 0 Å². The second kappa shape index (κ2) is 4.35. The molecule has 0 unspecified atom stereocenters. The van der Waals surface area contributed by atoms with E-state index in [1.54, 1.807) is 13.8 Å². The van der Waals surface area contributed by atoms with Crippen LogP contribution in [-0.4, -0.2) is 31.3 Å². The van der Waals surface area contributed by atoms with Crippen LogP contribution in [0.15, 0.2) is 22.4 Å². The Morgan fingerprint density at radius 2 is 2.16 bits per heavy atom. The normalized spacial score (nSPS) is 33.1. The lowest BCUT2D eigenvalue weighted by Gasteiger charge is -2.53. The number of hydrogen-bond donors (Lipinski definition) is 0. The quantitative estimate of drug-likeness (QED) is 0.742. The first-order valence-corrected chi connectivity index (χ1v) is 6.27. The van der Waals surface area contributed by atoms with Crippen molar-refractivity contribution in [3.63, 3.8) is 0 Å². The van der Waals surface area contributed by atoms with E-state index in [1.807, 2.05) is 0 Å². The molecule has 0 saturated carbocycles. The summed E-state index contributed by atoms with van der Waals surface area (Å²) in [6, 6.07) is 0. The lowest BCUT2D eigenvalue weighted by Crippen LogP contribution is -2.64. The highest BCUT2D eigenvalue weighted by molar-refractivity contribution is 6.33. The van der Waals surface area contributed by atoms with Crippen LogP contribution in [0.2, 0.25) is 0 Å². The second-order valence-electron chi connectivity index (χ2n) is 4.60. The second-order valence-corrected chi connectivity index (χ2v) is 5.01. The lowest BCUT2D eigenvalue weighted by molar-refractivity contribution is -0.178. The maximum Gasteiger partial charge on any atom is 0.348 e. The number of carbonyl (C=O) groups excluding carboxylic acids is 2. The van der Waals surface area contributed by atoms with E-state index in [4.69, 9.17) is 25.8 Å². The summed E-state index contributed by atoms with van der Waals surface area (Å²) in [4.78, 5) is 24.2. The molecule has 1 aliphatic carbocycles. The summed E-state index contributed by atoms with van der Waals surface area (Å²) in [7, 11) is 1.38. The SMILES string of the molecule is CCOC(=O)C1=C(C)OC(=O)[C@@]2(OC)C=C(Cl)[C@@]12C. The van der Waals surface area contributed by atoms with Gasteiger partial charge in [-0.1, -0.05) is 11.6 Å². The van der Waals surface area contributed by atoms with E-state index < -0.39 is 23.0 Å². The summed E-state index contributed by atoms with van der Waals surface area (Å²) in [5, 5.41) is 0.369. The Labute approximate surface area is 116 Å². The molecule has 2 aliphatic rings. The van der Waals surface area contributed by atoms with Crippen LogP contribution in [-0.2, 0) is 23.8 Å². The Bertz CT molecular complexity index is 521. The van der Waals surface area contributed by atoms with E-state index in [1.165, 1.54) is 20.1 Å². The molecule has 0 amide bonds. The van der Waals surface area contributed by atoms with Gasteiger partial charge in [-0.2, -0.15) is 0 Å². The van der Waals surface area contributed by atoms with Gasteiger partial charge in [0.2, 0.25) is 0 Å². The van der Waals surface area contributed by atoms with Gasteiger partial charge >= 0.3 is 11.9 Å². The number of ether oxygens (including phenoxy) is 3. The van der Waals surface area contributed by atoms with Crippen LogP contribution in [0.1, 0.15) is 20.8 Å². The lowest BCUT2D eigenvalue weighted by atomic mass is 9.58. The number of rotatable bonds is 3. The van der Waals surface area contributed by atoms with Crippen molar-refractivity contribution in [3.05, 3.63) is 22.4 Å². The Morgan fingerprint density at radius 1 is 1.53 bits per heavy atom. The molecule has 0 radical (unpaired) electrons. The summed E-state index contributed by atoms with van der Waals surface area (Å²) in [5.41, 5.74) is -2.19. The van der Waals surface area contributed by atoms with Gasteiger partial charge < -0.3 is 14.2 Å². The predicted molar refractivity (Wildman–Crippen MR) is 67.2 cm³/mol. The molecule has 1 heterocycles. The molecule has 0 saturated heterocycles. The number of carbonyl (C=O) groups is 2. The van der Waals surface area contributed by atoms with Crippen LogP contribution in [0.4, 0.5) is 0 Å².